The lowest BCUT2D eigenvalue weighted by Crippen LogP contribution is -2.37. The van der Waals surface area contributed by atoms with Crippen LogP contribution < -0.4 is 0 Å². The molecule has 0 unspecified atom stereocenters. The Labute approximate surface area is 240 Å². The van der Waals surface area contributed by atoms with Crippen molar-refractivity contribution in [2.45, 2.75) is 31.8 Å². The van der Waals surface area contributed by atoms with Crippen molar-refractivity contribution in [2.24, 2.45) is 0 Å². The molecule has 4 aromatic rings. The van der Waals surface area contributed by atoms with Gasteiger partial charge in [-0.05, 0) is 71.3 Å². The van der Waals surface area contributed by atoms with Crippen molar-refractivity contribution < 1.29 is 38.9 Å². The van der Waals surface area contributed by atoms with Crippen LogP contribution in [0.5, 0.6) is 0 Å². The summed E-state index contributed by atoms with van der Waals surface area (Å²) in [5, 5.41) is 29.2. The minimum absolute atomic E-state index is 0.0214. The first-order valence-corrected chi connectivity index (χ1v) is 13.3. The molecule has 1 atom stereocenters. The summed E-state index contributed by atoms with van der Waals surface area (Å²) in [5.74, 6) is -5.93. The third-order valence-corrected chi connectivity index (χ3v) is 7.57. The number of halogens is 1. The minimum atomic E-state index is -1.62. The van der Waals surface area contributed by atoms with Crippen molar-refractivity contribution in [3.05, 3.63) is 130 Å². The van der Waals surface area contributed by atoms with E-state index < -0.39 is 57.9 Å². The third-order valence-electron chi connectivity index (χ3n) is 7.57. The van der Waals surface area contributed by atoms with E-state index in [9.17, 15) is 38.9 Å². The van der Waals surface area contributed by atoms with Crippen LogP contribution in [0.2, 0.25) is 0 Å². The summed E-state index contributed by atoms with van der Waals surface area (Å²) >= 11 is 0. The van der Waals surface area contributed by atoms with E-state index in [0.717, 1.165) is 41.7 Å². The zero-order chi connectivity index (χ0) is 30.0. The number of nitrogens with zero attached hydrogens (tertiary/aromatic N) is 1. The Morgan fingerprint density at radius 2 is 1.31 bits per heavy atom. The van der Waals surface area contributed by atoms with Crippen LogP contribution in [-0.4, -0.2) is 44.0 Å². The van der Waals surface area contributed by atoms with Crippen molar-refractivity contribution in [1.82, 2.24) is 4.90 Å². The number of carbonyl (C=O) groups excluding carboxylic acids is 1. The number of benzene rings is 4. The monoisotopic (exact) mass is 567 g/mol. The lowest BCUT2D eigenvalue weighted by Gasteiger charge is -2.37. The van der Waals surface area contributed by atoms with Gasteiger partial charge in [-0.3, -0.25) is 4.79 Å². The topological polar surface area (TPSA) is 132 Å². The number of rotatable bonds is 8. The number of carboxylic acid groups (broad SMARTS) is 3. The number of amides is 1. The van der Waals surface area contributed by atoms with Crippen LogP contribution in [-0.2, 0) is 13.0 Å². The second-order valence-corrected chi connectivity index (χ2v) is 10.1. The molecule has 1 amide bonds. The van der Waals surface area contributed by atoms with Gasteiger partial charge in [-0.2, -0.15) is 0 Å². The maximum atomic E-state index is 14.4. The number of hydrogen-bond acceptors (Lipinski definition) is 4. The number of hydrogen-bond donors (Lipinski definition) is 3. The predicted octanol–water partition coefficient (Wildman–Crippen LogP) is 6.31. The van der Waals surface area contributed by atoms with Crippen molar-refractivity contribution in [3.63, 3.8) is 0 Å². The van der Waals surface area contributed by atoms with Crippen LogP contribution in [0, 0.1) is 5.82 Å². The summed E-state index contributed by atoms with van der Waals surface area (Å²) in [6.07, 6.45) is 2.13. The predicted molar refractivity (Wildman–Crippen MR) is 151 cm³/mol. The highest BCUT2D eigenvalue weighted by Gasteiger charge is 2.34. The Morgan fingerprint density at radius 1 is 0.738 bits per heavy atom. The number of carboxylic acids is 3. The SMILES string of the molecule is O=C(O)c1cc(C(=O)O)c(C(=O)N(Cc2ccccc2-c2ccc(F)cc2)[C@H]2CCCc3ccccc32)cc1C(=O)O. The fraction of sp³-hybridized carbons (Fsp3) is 0.152. The standard InChI is InChI=1S/C33H26FNO7/c34-22-14-12-20(13-15-22)23-9-3-2-7-21(23)18-35(29-11-5-8-19-6-1-4-10-24(19)29)30(36)25-16-27(32(39)40)28(33(41)42)17-26(25)31(37)38/h1-4,6-7,9-10,12-17,29H,5,8,11,18H2,(H,37,38)(H,39,40)(H,41,42)/t29-/m0/s1. The molecule has 0 fully saturated rings. The Balaban J connectivity index is 1.69. The minimum Gasteiger partial charge on any atom is -0.478 e. The first-order chi connectivity index (χ1) is 20.2. The van der Waals surface area contributed by atoms with Gasteiger partial charge in [-0.25, -0.2) is 18.8 Å². The van der Waals surface area contributed by atoms with Crippen molar-refractivity contribution in [1.29, 1.82) is 0 Å². The Morgan fingerprint density at radius 3 is 1.98 bits per heavy atom. The van der Waals surface area contributed by atoms with Crippen LogP contribution in [0.3, 0.4) is 0 Å². The van der Waals surface area contributed by atoms with Crippen molar-refractivity contribution in [2.75, 3.05) is 0 Å². The molecule has 1 aliphatic rings. The molecule has 0 saturated carbocycles. The molecule has 0 aromatic heterocycles. The van der Waals surface area contributed by atoms with Gasteiger partial charge in [0.05, 0.1) is 28.3 Å². The molecule has 0 aliphatic heterocycles. The number of aryl methyl sites for hydroxylation is 1. The Kier molecular flexibility index (Phi) is 7.84. The van der Waals surface area contributed by atoms with Crippen LogP contribution in [0.15, 0.2) is 84.9 Å². The van der Waals surface area contributed by atoms with Crippen molar-refractivity contribution in [3.8, 4) is 11.1 Å². The second-order valence-electron chi connectivity index (χ2n) is 10.1. The van der Waals surface area contributed by atoms with Gasteiger partial charge in [0.25, 0.3) is 5.91 Å². The lowest BCUT2D eigenvalue weighted by molar-refractivity contribution is 0.0611. The highest BCUT2D eigenvalue weighted by Crippen LogP contribution is 2.38. The van der Waals surface area contributed by atoms with Crippen LogP contribution >= 0.6 is 0 Å². The smallest absolute Gasteiger partial charge is 0.336 e. The molecular formula is C33H26FNO7. The maximum absolute atomic E-state index is 14.4. The fourth-order valence-corrected chi connectivity index (χ4v) is 5.59. The van der Waals surface area contributed by atoms with Gasteiger partial charge >= 0.3 is 17.9 Å². The highest BCUT2D eigenvalue weighted by molar-refractivity contribution is 6.10. The van der Waals surface area contributed by atoms with E-state index in [1.54, 1.807) is 18.2 Å². The molecule has 212 valence electrons. The molecule has 0 spiro atoms. The summed E-state index contributed by atoms with van der Waals surface area (Å²) in [4.78, 5) is 51.9. The molecule has 0 heterocycles. The summed E-state index contributed by atoms with van der Waals surface area (Å²) in [5.41, 5.74) is 1.66. The largest absolute Gasteiger partial charge is 0.478 e. The van der Waals surface area contributed by atoms with Gasteiger partial charge in [0, 0.05) is 6.54 Å². The number of carbonyl (C=O) groups is 4. The van der Waals surface area contributed by atoms with E-state index in [4.69, 9.17) is 0 Å². The molecule has 9 heteroatoms. The van der Waals surface area contributed by atoms with Crippen LogP contribution in [0.4, 0.5) is 4.39 Å². The van der Waals surface area contributed by atoms with E-state index in [2.05, 4.69) is 0 Å². The zero-order valence-corrected chi connectivity index (χ0v) is 22.3. The van der Waals surface area contributed by atoms with Crippen LogP contribution in [0.25, 0.3) is 11.1 Å². The fourth-order valence-electron chi connectivity index (χ4n) is 5.59. The van der Waals surface area contributed by atoms with E-state index in [-0.39, 0.29) is 6.54 Å². The molecule has 1 aliphatic carbocycles. The molecule has 5 rings (SSSR count). The Bertz CT molecular complexity index is 1710. The molecule has 3 N–H and O–H groups in total. The normalized spacial score (nSPS) is 14.1. The van der Waals surface area contributed by atoms with E-state index >= 15 is 0 Å². The van der Waals surface area contributed by atoms with E-state index in [1.165, 1.54) is 17.0 Å². The first-order valence-electron chi connectivity index (χ1n) is 13.3. The lowest BCUT2D eigenvalue weighted by atomic mass is 9.85. The molecule has 0 saturated heterocycles. The second kappa shape index (κ2) is 11.7. The maximum Gasteiger partial charge on any atom is 0.336 e. The Hall–Kier alpha value is -5.31. The van der Waals surface area contributed by atoms with Gasteiger partial charge in [0.2, 0.25) is 0 Å². The van der Waals surface area contributed by atoms with Gasteiger partial charge in [-0.1, -0.05) is 60.7 Å². The van der Waals surface area contributed by atoms with E-state index in [0.29, 0.717) is 17.5 Å². The average molecular weight is 568 g/mol. The molecule has 4 aromatic carbocycles. The average Bonchev–Trinajstić information content (AvgIpc) is 2.99. The van der Waals surface area contributed by atoms with Crippen molar-refractivity contribution >= 4 is 23.8 Å². The quantitative estimate of drug-likeness (QED) is 0.227. The number of fused-ring (bicyclic) bond motifs is 1. The third kappa shape index (κ3) is 5.49. The van der Waals surface area contributed by atoms with Crippen LogP contribution in [0.1, 0.15) is 77.0 Å². The van der Waals surface area contributed by atoms with Gasteiger partial charge in [0.15, 0.2) is 0 Å². The molecule has 42 heavy (non-hydrogen) atoms. The highest BCUT2D eigenvalue weighted by atomic mass is 19.1. The summed E-state index contributed by atoms with van der Waals surface area (Å²) < 4.78 is 13.7. The molecule has 0 bridgehead atoms. The first kappa shape index (κ1) is 28.2. The number of aromatic carboxylic acids is 3. The molecular weight excluding hydrogens is 541 g/mol. The van der Waals surface area contributed by atoms with Gasteiger partial charge in [-0.15, -0.1) is 0 Å². The van der Waals surface area contributed by atoms with Gasteiger partial charge in [0.1, 0.15) is 5.82 Å². The van der Waals surface area contributed by atoms with E-state index in [1.807, 2.05) is 42.5 Å². The summed E-state index contributed by atoms with van der Waals surface area (Å²) in [6.45, 7) is 0.0214. The summed E-state index contributed by atoms with van der Waals surface area (Å²) in [7, 11) is 0. The van der Waals surface area contributed by atoms with Gasteiger partial charge < -0.3 is 20.2 Å². The zero-order valence-electron chi connectivity index (χ0n) is 22.3. The molecule has 0 radical (unpaired) electrons. The summed E-state index contributed by atoms with van der Waals surface area (Å²) in [6, 6.07) is 21.9. The molecule has 8 nitrogen and oxygen atoms in total.